The van der Waals surface area contributed by atoms with Crippen LogP contribution >= 0.6 is 0 Å². The Morgan fingerprint density at radius 2 is 1.73 bits per heavy atom. The summed E-state index contributed by atoms with van der Waals surface area (Å²) in [6.45, 7) is 6.55. The van der Waals surface area contributed by atoms with Crippen LogP contribution < -0.4 is 10.5 Å². The maximum absolute atomic E-state index is 12.1. The number of rotatable bonds is 4. The molecule has 0 saturated carbocycles. The van der Waals surface area contributed by atoms with Gasteiger partial charge in [0.25, 0.3) is 0 Å². The van der Waals surface area contributed by atoms with E-state index < -0.39 is 0 Å². The molecule has 0 N–H and O–H groups in total. The molecule has 0 atom stereocenters. The quantitative estimate of drug-likeness (QED) is 0.718. The Labute approximate surface area is 152 Å². The Kier molecular flexibility index (Phi) is 4.55. The fourth-order valence-electron chi connectivity index (χ4n) is 3.67. The molecule has 5 heteroatoms. The fraction of sp³-hybridized carbons (Fsp3) is 0.381. The van der Waals surface area contributed by atoms with Crippen molar-refractivity contribution in [3.05, 3.63) is 64.1 Å². The predicted octanol–water partition coefficient (Wildman–Crippen LogP) is 3.71. The van der Waals surface area contributed by atoms with Crippen molar-refractivity contribution in [3.63, 3.8) is 0 Å². The highest BCUT2D eigenvalue weighted by molar-refractivity contribution is 5.72. The first kappa shape index (κ1) is 16.9. The van der Waals surface area contributed by atoms with Gasteiger partial charge in [-0.1, -0.05) is 30.3 Å². The number of hydrogen-bond acceptors (Lipinski definition) is 4. The standard InChI is InChI=1S/C21H24N2O3/c1-15-6-5-7-16(2)20(15)25-17-10-12-22(13-11-17)14-23-18-8-3-4-9-19(18)26-21(23)24/h3-9,17H,10-14H2,1-2H3. The smallest absolute Gasteiger partial charge is 0.421 e. The molecule has 0 unspecified atom stereocenters. The van der Waals surface area contributed by atoms with E-state index in [0.29, 0.717) is 12.3 Å². The minimum Gasteiger partial charge on any atom is -0.490 e. The van der Waals surface area contributed by atoms with Crippen LogP contribution in [0.4, 0.5) is 0 Å². The molecule has 0 amide bonds. The van der Waals surface area contributed by atoms with Gasteiger partial charge in [-0.05, 0) is 49.9 Å². The van der Waals surface area contributed by atoms with E-state index in [-0.39, 0.29) is 11.9 Å². The number of fused-ring (bicyclic) bond motifs is 1. The van der Waals surface area contributed by atoms with Crippen molar-refractivity contribution in [2.75, 3.05) is 13.1 Å². The lowest BCUT2D eigenvalue weighted by Gasteiger charge is -2.32. The van der Waals surface area contributed by atoms with E-state index in [1.807, 2.05) is 24.3 Å². The molecule has 2 aromatic carbocycles. The van der Waals surface area contributed by atoms with Crippen molar-refractivity contribution in [2.45, 2.75) is 39.5 Å². The van der Waals surface area contributed by atoms with E-state index in [0.717, 1.165) is 37.2 Å². The second-order valence-electron chi connectivity index (χ2n) is 7.06. The maximum Gasteiger partial charge on any atom is 0.421 e. The van der Waals surface area contributed by atoms with Gasteiger partial charge in [-0.3, -0.25) is 9.47 Å². The van der Waals surface area contributed by atoms with Crippen LogP contribution in [0.1, 0.15) is 24.0 Å². The molecule has 2 heterocycles. The first-order valence-electron chi connectivity index (χ1n) is 9.15. The Morgan fingerprint density at radius 3 is 2.46 bits per heavy atom. The summed E-state index contributed by atoms with van der Waals surface area (Å²) in [5, 5.41) is 0. The van der Waals surface area contributed by atoms with Gasteiger partial charge in [0.2, 0.25) is 0 Å². The van der Waals surface area contributed by atoms with Gasteiger partial charge in [0.1, 0.15) is 11.9 Å². The fourth-order valence-corrected chi connectivity index (χ4v) is 3.67. The molecule has 5 nitrogen and oxygen atoms in total. The van der Waals surface area contributed by atoms with Gasteiger partial charge in [0.05, 0.1) is 12.2 Å². The Morgan fingerprint density at radius 1 is 1.04 bits per heavy atom. The first-order valence-corrected chi connectivity index (χ1v) is 9.15. The van der Waals surface area contributed by atoms with Gasteiger partial charge in [0, 0.05) is 13.1 Å². The highest BCUT2D eigenvalue weighted by Crippen LogP contribution is 2.26. The Hall–Kier alpha value is -2.53. The molecule has 1 aromatic heterocycles. The predicted molar refractivity (Wildman–Crippen MR) is 102 cm³/mol. The second-order valence-corrected chi connectivity index (χ2v) is 7.06. The molecular weight excluding hydrogens is 328 g/mol. The topological polar surface area (TPSA) is 47.6 Å². The lowest BCUT2D eigenvalue weighted by Crippen LogP contribution is -2.40. The maximum atomic E-state index is 12.1. The van der Waals surface area contributed by atoms with E-state index in [2.05, 4.69) is 36.9 Å². The van der Waals surface area contributed by atoms with Crippen LogP contribution in [0.3, 0.4) is 0 Å². The van der Waals surface area contributed by atoms with Crippen molar-refractivity contribution in [3.8, 4) is 5.75 Å². The van der Waals surface area contributed by atoms with Gasteiger partial charge in [0.15, 0.2) is 5.58 Å². The highest BCUT2D eigenvalue weighted by Gasteiger charge is 2.23. The van der Waals surface area contributed by atoms with Crippen LogP contribution in [-0.2, 0) is 6.67 Å². The lowest BCUT2D eigenvalue weighted by atomic mass is 10.1. The summed E-state index contributed by atoms with van der Waals surface area (Å²) < 4.78 is 13.3. The zero-order valence-corrected chi connectivity index (χ0v) is 15.3. The number of para-hydroxylation sites is 3. The molecule has 0 bridgehead atoms. The number of oxazole rings is 1. The number of hydrogen-bond donors (Lipinski definition) is 0. The molecule has 3 aromatic rings. The van der Waals surface area contributed by atoms with Crippen molar-refractivity contribution in [1.29, 1.82) is 0 Å². The van der Waals surface area contributed by atoms with Crippen LogP contribution in [0.5, 0.6) is 5.75 Å². The molecule has 1 aliphatic heterocycles. The number of likely N-dealkylation sites (tertiary alicyclic amines) is 1. The molecule has 1 aliphatic rings. The van der Waals surface area contributed by atoms with Crippen LogP contribution in [0, 0.1) is 13.8 Å². The van der Waals surface area contributed by atoms with Crippen LogP contribution in [0.15, 0.2) is 51.7 Å². The summed E-state index contributed by atoms with van der Waals surface area (Å²) >= 11 is 0. The number of benzene rings is 2. The normalized spacial score (nSPS) is 16.2. The molecule has 1 fully saturated rings. The second kappa shape index (κ2) is 7.00. The third-order valence-electron chi connectivity index (χ3n) is 5.14. The third kappa shape index (κ3) is 3.27. The summed E-state index contributed by atoms with van der Waals surface area (Å²) in [6.07, 6.45) is 2.14. The van der Waals surface area contributed by atoms with Crippen molar-refractivity contribution < 1.29 is 9.15 Å². The average Bonchev–Trinajstić information content (AvgIpc) is 2.95. The number of aromatic nitrogens is 1. The molecule has 0 radical (unpaired) electrons. The van der Waals surface area contributed by atoms with Gasteiger partial charge in [-0.2, -0.15) is 0 Å². The largest absolute Gasteiger partial charge is 0.490 e. The van der Waals surface area contributed by atoms with Crippen molar-refractivity contribution >= 4 is 11.1 Å². The third-order valence-corrected chi connectivity index (χ3v) is 5.14. The molecule has 4 rings (SSSR count). The minimum atomic E-state index is -0.292. The van der Waals surface area contributed by atoms with Crippen LogP contribution in [-0.4, -0.2) is 28.7 Å². The van der Waals surface area contributed by atoms with Gasteiger partial charge >= 0.3 is 5.76 Å². The Bertz CT molecular complexity index is 945. The summed E-state index contributed by atoms with van der Waals surface area (Å²) in [5.74, 6) is 0.725. The monoisotopic (exact) mass is 352 g/mol. The molecule has 26 heavy (non-hydrogen) atoms. The zero-order valence-electron chi connectivity index (χ0n) is 15.3. The SMILES string of the molecule is Cc1cccc(C)c1OC1CCN(Cn2c(=O)oc3ccccc32)CC1. The highest BCUT2D eigenvalue weighted by atomic mass is 16.5. The van der Waals surface area contributed by atoms with E-state index in [1.54, 1.807) is 4.57 Å². The van der Waals surface area contributed by atoms with Gasteiger partial charge in [-0.15, -0.1) is 0 Å². The van der Waals surface area contributed by atoms with E-state index >= 15 is 0 Å². The minimum absolute atomic E-state index is 0.226. The van der Waals surface area contributed by atoms with E-state index in [1.165, 1.54) is 11.1 Å². The summed E-state index contributed by atoms with van der Waals surface area (Å²) in [4.78, 5) is 14.4. The van der Waals surface area contributed by atoms with E-state index in [4.69, 9.17) is 9.15 Å². The zero-order chi connectivity index (χ0) is 18.1. The van der Waals surface area contributed by atoms with Crippen molar-refractivity contribution in [1.82, 2.24) is 9.47 Å². The molecule has 136 valence electrons. The molecule has 1 saturated heterocycles. The lowest BCUT2D eigenvalue weighted by molar-refractivity contribution is 0.0820. The molecule has 0 spiro atoms. The summed E-state index contributed by atoms with van der Waals surface area (Å²) in [6, 6.07) is 13.8. The average molecular weight is 352 g/mol. The van der Waals surface area contributed by atoms with Crippen molar-refractivity contribution in [2.24, 2.45) is 0 Å². The molecule has 0 aliphatic carbocycles. The number of piperidine rings is 1. The first-order chi connectivity index (χ1) is 12.6. The Balaban J connectivity index is 1.41. The number of ether oxygens (including phenoxy) is 1. The van der Waals surface area contributed by atoms with Gasteiger partial charge < -0.3 is 9.15 Å². The van der Waals surface area contributed by atoms with E-state index in [9.17, 15) is 4.79 Å². The number of aryl methyl sites for hydroxylation is 2. The van der Waals surface area contributed by atoms with Crippen LogP contribution in [0.2, 0.25) is 0 Å². The number of nitrogens with zero attached hydrogens (tertiary/aromatic N) is 2. The summed E-state index contributed by atoms with van der Waals surface area (Å²) in [5.41, 5.74) is 3.87. The van der Waals surface area contributed by atoms with Crippen LogP contribution in [0.25, 0.3) is 11.1 Å². The van der Waals surface area contributed by atoms with Gasteiger partial charge in [-0.25, -0.2) is 4.79 Å². The summed E-state index contributed by atoms with van der Waals surface area (Å²) in [7, 11) is 0. The molecular formula is C21H24N2O3.